The molecule has 8 heteroatoms. The maximum atomic E-state index is 14.1. The van der Waals surface area contributed by atoms with Gasteiger partial charge in [0, 0.05) is 58.0 Å². The lowest BCUT2D eigenvalue weighted by Crippen LogP contribution is -2.48. The van der Waals surface area contributed by atoms with Crippen LogP contribution >= 0.6 is 0 Å². The van der Waals surface area contributed by atoms with Crippen LogP contribution < -0.4 is 9.64 Å². The van der Waals surface area contributed by atoms with E-state index in [0.717, 1.165) is 24.9 Å². The number of nitrogens with zero attached hydrogens (tertiary/aromatic N) is 3. The zero-order chi connectivity index (χ0) is 28.5. The van der Waals surface area contributed by atoms with Gasteiger partial charge in [-0.1, -0.05) is 25.1 Å². The van der Waals surface area contributed by atoms with E-state index in [4.69, 9.17) is 9.47 Å². The lowest BCUT2D eigenvalue weighted by Gasteiger charge is -2.36. The minimum Gasteiger partial charge on any atom is -0.490 e. The van der Waals surface area contributed by atoms with Crippen LogP contribution in [0.1, 0.15) is 60.7 Å². The van der Waals surface area contributed by atoms with Crippen molar-refractivity contribution in [3.05, 3.63) is 59.7 Å². The third-order valence-electron chi connectivity index (χ3n) is 7.37. The van der Waals surface area contributed by atoms with Crippen LogP contribution in [0.3, 0.4) is 0 Å². The van der Waals surface area contributed by atoms with E-state index in [-0.39, 0.29) is 36.5 Å². The second-order valence-corrected chi connectivity index (χ2v) is 10.9. The summed E-state index contributed by atoms with van der Waals surface area (Å²) in [5, 5.41) is 10.1. The fourth-order valence-corrected chi connectivity index (χ4v) is 4.81. The summed E-state index contributed by atoms with van der Waals surface area (Å²) in [6.45, 7) is 7.04. The molecule has 4 atom stereocenters. The van der Waals surface area contributed by atoms with Crippen molar-refractivity contribution in [1.82, 2.24) is 9.80 Å². The molecule has 1 aliphatic heterocycles. The fraction of sp³-hybridized carbons (Fsp3) is 0.548. The topological polar surface area (TPSA) is 82.6 Å². The van der Waals surface area contributed by atoms with Crippen LogP contribution in [-0.2, 0) is 4.74 Å². The molecule has 214 valence electrons. The Labute approximate surface area is 233 Å². The zero-order valence-electron chi connectivity index (χ0n) is 24.3. The second-order valence-electron chi connectivity index (χ2n) is 10.9. The summed E-state index contributed by atoms with van der Waals surface area (Å²) in [4.78, 5) is 32.5. The number of carbonyl (C=O) groups is 2. The van der Waals surface area contributed by atoms with Gasteiger partial charge >= 0.3 is 0 Å². The molecule has 0 radical (unpaired) electrons. The largest absolute Gasteiger partial charge is 0.490 e. The average molecular weight is 540 g/mol. The van der Waals surface area contributed by atoms with Crippen molar-refractivity contribution in [3.63, 3.8) is 0 Å². The van der Waals surface area contributed by atoms with E-state index in [1.54, 1.807) is 16.8 Å². The first-order chi connectivity index (χ1) is 18.6. The molecule has 2 amide bonds. The zero-order valence-corrected chi connectivity index (χ0v) is 24.3. The van der Waals surface area contributed by atoms with Crippen LogP contribution in [0.4, 0.5) is 5.69 Å². The molecule has 0 bridgehead atoms. The van der Waals surface area contributed by atoms with Crippen LogP contribution in [0.5, 0.6) is 5.75 Å². The van der Waals surface area contributed by atoms with E-state index in [9.17, 15) is 14.7 Å². The number of aliphatic hydroxyl groups excluding tert-OH is 1. The van der Waals surface area contributed by atoms with E-state index < -0.39 is 6.04 Å². The monoisotopic (exact) mass is 539 g/mol. The van der Waals surface area contributed by atoms with Gasteiger partial charge in [-0.05, 0) is 63.4 Å². The Morgan fingerprint density at radius 3 is 2.49 bits per heavy atom. The molecular weight excluding hydrogens is 494 g/mol. The molecule has 1 N–H and O–H groups in total. The first-order valence-corrected chi connectivity index (χ1v) is 13.9. The summed E-state index contributed by atoms with van der Waals surface area (Å²) in [6.07, 6.45) is 2.27. The number of benzene rings is 2. The Morgan fingerprint density at radius 2 is 1.82 bits per heavy atom. The molecule has 1 heterocycles. The number of aliphatic hydroxyl groups is 1. The third-order valence-corrected chi connectivity index (χ3v) is 7.37. The molecule has 39 heavy (non-hydrogen) atoms. The fourth-order valence-electron chi connectivity index (χ4n) is 4.81. The maximum absolute atomic E-state index is 14.1. The summed E-state index contributed by atoms with van der Waals surface area (Å²) in [6, 6.07) is 14.5. The van der Waals surface area contributed by atoms with Crippen molar-refractivity contribution in [2.75, 3.05) is 52.3 Å². The Kier molecular flexibility index (Phi) is 11.2. The number of fused-ring (bicyclic) bond motifs is 1. The van der Waals surface area contributed by atoms with Gasteiger partial charge in [-0.3, -0.25) is 9.59 Å². The number of anilines is 1. The van der Waals surface area contributed by atoms with Gasteiger partial charge in [0.15, 0.2) is 0 Å². The van der Waals surface area contributed by atoms with Gasteiger partial charge in [0.25, 0.3) is 11.8 Å². The molecular formula is C31H45N3O5. The lowest BCUT2D eigenvalue weighted by molar-refractivity contribution is -0.0149. The van der Waals surface area contributed by atoms with Gasteiger partial charge < -0.3 is 29.3 Å². The Hall–Kier alpha value is -3.10. The minimum atomic E-state index is -0.412. The molecule has 0 spiro atoms. The summed E-state index contributed by atoms with van der Waals surface area (Å²) in [5.74, 6) is 0.189. The predicted octanol–water partition coefficient (Wildman–Crippen LogP) is 4.32. The molecule has 0 aliphatic carbocycles. The van der Waals surface area contributed by atoms with Crippen LogP contribution in [0.15, 0.2) is 48.5 Å². The number of likely N-dealkylation sites (N-methyl/N-ethyl adjacent to an activating group) is 1. The quantitative estimate of drug-likeness (QED) is 0.589. The van der Waals surface area contributed by atoms with Crippen molar-refractivity contribution < 1.29 is 24.2 Å². The Balaban J connectivity index is 1.93. The smallest absolute Gasteiger partial charge is 0.258 e. The van der Waals surface area contributed by atoms with Crippen molar-refractivity contribution >= 4 is 17.5 Å². The molecule has 2 aromatic carbocycles. The Bertz CT molecular complexity index is 1080. The number of carbonyl (C=O) groups excluding carboxylic acids is 2. The van der Waals surface area contributed by atoms with Crippen LogP contribution in [0.25, 0.3) is 0 Å². The SMILES string of the molecule is C[C@@H]1CCCCO[C@@H](CN(C)C(=O)c2ccccc2)[C@@H](C)CN([C@@H](C)CO)C(=O)c2cc(N(C)C)ccc2O1. The summed E-state index contributed by atoms with van der Waals surface area (Å²) in [5.41, 5.74) is 2.00. The van der Waals surface area contributed by atoms with E-state index >= 15 is 0 Å². The molecule has 3 rings (SSSR count). The highest BCUT2D eigenvalue weighted by Crippen LogP contribution is 2.29. The molecule has 0 saturated heterocycles. The van der Waals surface area contributed by atoms with E-state index in [1.165, 1.54) is 0 Å². The predicted molar refractivity (Wildman–Crippen MR) is 155 cm³/mol. The summed E-state index contributed by atoms with van der Waals surface area (Å²) < 4.78 is 12.6. The second kappa shape index (κ2) is 14.3. The highest BCUT2D eigenvalue weighted by atomic mass is 16.5. The maximum Gasteiger partial charge on any atom is 0.258 e. The normalized spacial score (nSPS) is 21.8. The highest BCUT2D eigenvalue weighted by molar-refractivity contribution is 5.98. The third kappa shape index (κ3) is 8.19. The number of hydrogen-bond acceptors (Lipinski definition) is 6. The summed E-state index contributed by atoms with van der Waals surface area (Å²) in [7, 11) is 5.66. The van der Waals surface area contributed by atoms with Crippen molar-refractivity contribution in [1.29, 1.82) is 0 Å². The average Bonchev–Trinajstić information content (AvgIpc) is 2.93. The van der Waals surface area contributed by atoms with Gasteiger partial charge in [0.1, 0.15) is 5.75 Å². The standard InChI is InChI=1S/C31H45N3O5/c1-22-19-34(23(2)21-35)31(37)27-18-26(32(4)5)15-16-28(27)39-24(3)12-10-11-17-38-29(22)20-33(6)30(36)25-13-8-7-9-14-25/h7-9,13-16,18,22-24,29,35H,10-12,17,19-21H2,1-6H3/t22-,23-,24+,29-/m0/s1. The van der Waals surface area contributed by atoms with Gasteiger partial charge in [0.2, 0.25) is 0 Å². The van der Waals surface area contributed by atoms with Crippen LogP contribution in [0, 0.1) is 5.92 Å². The molecule has 1 aliphatic rings. The van der Waals surface area contributed by atoms with Gasteiger partial charge in [-0.2, -0.15) is 0 Å². The molecule has 0 saturated carbocycles. The Morgan fingerprint density at radius 1 is 1.10 bits per heavy atom. The van der Waals surface area contributed by atoms with Crippen molar-refractivity contribution in [2.45, 2.75) is 58.3 Å². The summed E-state index contributed by atoms with van der Waals surface area (Å²) >= 11 is 0. The van der Waals surface area contributed by atoms with Gasteiger partial charge in [-0.15, -0.1) is 0 Å². The first kappa shape index (κ1) is 30.4. The van der Waals surface area contributed by atoms with E-state index in [2.05, 4.69) is 0 Å². The van der Waals surface area contributed by atoms with E-state index in [0.29, 0.717) is 36.6 Å². The molecule has 0 fully saturated rings. The molecule has 2 aromatic rings. The van der Waals surface area contributed by atoms with Crippen LogP contribution in [0.2, 0.25) is 0 Å². The van der Waals surface area contributed by atoms with Crippen LogP contribution in [-0.4, -0.2) is 92.4 Å². The van der Waals surface area contributed by atoms with Gasteiger partial charge in [0.05, 0.1) is 30.4 Å². The molecule has 8 nitrogen and oxygen atoms in total. The lowest BCUT2D eigenvalue weighted by atomic mass is 10.0. The number of amides is 2. The van der Waals surface area contributed by atoms with Crippen molar-refractivity contribution in [3.8, 4) is 5.75 Å². The van der Waals surface area contributed by atoms with Crippen molar-refractivity contribution in [2.24, 2.45) is 5.92 Å². The first-order valence-electron chi connectivity index (χ1n) is 13.9. The number of ether oxygens (including phenoxy) is 2. The number of hydrogen-bond donors (Lipinski definition) is 1. The molecule has 0 unspecified atom stereocenters. The number of rotatable bonds is 6. The minimum absolute atomic E-state index is 0.0708. The molecule has 0 aromatic heterocycles. The van der Waals surface area contributed by atoms with Gasteiger partial charge in [-0.25, -0.2) is 0 Å². The highest BCUT2D eigenvalue weighted by Gasteiger charge is 2.31. The van der Waals surface area contributed by atoms with E-state index in [1.807, 2.05) is 88.3 Å².